The Morgan fingerprint density at radius 1 is 1.03 bits per heavy atom. The molecular formula is C27H34N2O5. The van der Waals surface area contributed by atoms with Gasteiger partial charge in [-0.25, -0.2) is 9.59 Å². The summed E-state index contributed by atoms with van der Waals surface area (Å²) < 4.78 is 5.59. The van der Waals surface area contributed by atoms with E-state index in [2.05, 4.69) is 22.8 Å². The van der Waals surface area contributed by atoms with Crippen molar-refractivity contribution in [2.45, 2.75) is 64.5 Å². The zero-order valence-corrected chi connectivity index (χ0v) is 20.3. The second-order valence-electron chi connectivity index (χ2n) is 9.25. The van der Waals surface area contributed by atoms with Crippen molar-refractivity contribution in [1.82, 2.24) is 10.6 Å². The molecule has 0 saturated heterocycles. The van der Waals surface area contributed by atoms with Gasteiger partial charge >= 0.3 is 12.1 Å². The number of hydrogen-bond donors (Lipinski definition) is 3. The van der Waals surface area contributed by atoms with E-state index in [9.17, 15) is 19.5 Å². The molecule has 7 heteroatoms. The van der Waals surface area contributed by atoms with Gasteiger partial charge in [0.05, 0.1) is 0 Å². The quantitative estimate of drug-likeness (QED) is 0.471. The number of benzene rings is 2. The van der Waals surface area contributed by atoms with Gasteiger partial charge in [-0.1, -0.05) is 75.7 Å². The average Bonchev–Trinajstić information content (AvgIpc) is 3.15. The molecule has 0 aromatic heterocycles. The standard InChI is InChI=1S/C27H34N2O5/c1-5-17(3)15-23(24(30)29-27(4,6-2)25(31)32)28-26(33)34-16-22-20-13-9-7-11-18(20)19-12-8-10-14-21(19)22/h7-14,17,22-23H,5-6,15-16H2,1-4H3,(H,28,33)(H,29,30)(H,31,32). The Hall–Kier alpha value is -3.35. The summed E-state index contributed by atoms with van der Waals surface area (Å²) in [6.07, 6.45) is 0.722. The molecule has 0 radical (unpaired) electrons. The second kappa shape index (κ2) is 10.7. The molecule has 3 N–H and O–H groups in total. The summed E-state index contributed by atoms with van der Waals surface area (Å²) in [6.45, 7) is 7.27. The average molecular weight is 467 g/mol. The topological polar surface area (TPSA) is 105 Å². The van der Waals surface area contributed by atoms with Gasteiger partial charge in [0.15, 0.2) is 0 Å². The minimum absolute atomic E-state index is 0.0876. The predicted octanol–water partition coefficient (Wildman–Crippen LogP) is 4.70. The molecule has 2 aromatic carbocycles. The summed E-state index contributed by atoms with van der Waals surface area (Å²) in [5, 5.41) is 14.8. The molecule has 1 aliphatic rings. The Morgan fingerprint density at radius 3 is 2.09 bits per heavy atom. The van der Waals surface area contributed by atoms with Gasteiger partial charge in [-0.15, -0.1) is 0 Å². The molecule has 7 nitrogen and oxygen atoms in total. The first kappa shape index (κ1) is 25.3. The minimum atomic E-state index is -1.41. The maximum absolute atomic E-state index is 13.0. The number of ether oxygens (including phenoxy) is 1. The van der Waals surface area contributed by atoms with Crippen molar-refractivity contribution in [3.63, 3.8) is 0 Å². The van der Waals surface area contributed by atoms with Crippen molar-refractivity contribution in [2.75, 3.05) is 6.61 Å². The molecule has 0 saturated carbocycles. The van der Waals surface area contributed by atoms with Crippen molar-refractivity contribution in [2.24, 2.45) is 5.92 Å². The van der Waals surface area contributed by atoms with E-state index in [-0.39, 0.29) is 24.9 Å². The molecule has 0 heterocycles. The lowest BCUT2D eigenvalue weighted by Crippen LogP contribution is -2.58. The minimum Gasteiger partial charge on any atom is -0.480 e. The molecule has 34 heavy (non-hydrogen) atoms. The van der Waals surface area contributed by atoms with Gasteiger partial charge in [0.25, 0.3) is 0 Å². The molecular weight excluding hydrogens is 432 g/mol. The third kappa shape index (κ3) is 5.41. The molecule has 0 bridgehead atoms. The van der Waals surface area contributed by atoms with Gasteiger partial charge < -0.3 is 20.5 Å². The van der Waals surface area contributed by atoms with Crippen LogP contribution in [-0.2, 0) is 14.3 Å². The monoisotopic (exact) mass is 466 g/mol. The molecule has 3 rings (SSSR count). The van der Waals surface area contributed by atoms with Crippen LogP contribution in [0.4, 0.5) is 4.79 Å². The van der Waals surface area contributed by atoms with E-state index in [4.69, 9.17) is 4.74 Å². The van der Waals surface area contributed by atoms with Crippen LogP contribution in [0.1, 0.15) is 64.0 Å². The van der Waals surface area contributed by atoms with Gasteiger partial charge in [-0.05, 0) is 47.9 Å². The fraction of sp³-hybridized carbons (Fsp3) is 0.444. The lowest BCUT2D eigenvalue weighted by molar-refractivity contribution is -0.147. The van der Waals surface area contributed by atoms with Gasteiger partial charge in [0, 0.05) is 5.92 Å². The highest BCUT2D eigenvalue weighted by Gasteiger charge is 2.36. The zero-order valence-electron chi connectivity index (χ0n) is 20.3. The molecule has 182 valence electrons. The number of rotatable bonds is 10. The highest BCUT2D eigenvalue weighted by molar-refractivity contribution is 5.91. The van der Waals surface area contributed by atoms with Gasteiger partial charge in [-0.2, -0.15) is 0 Å². The number of fused-ring (bicyclic) bond motifs is 3. The number of nitrogens with one attached hydrogen (secondary N) is 2. The molecule has 1 aliphatic carbocycles. The molecule has 0 spiro atoms. The summed E-state index contributed by atoms with van der Waals surface area (Å²) >= 11 is 0. The van der Waals surface area contributed by atoms with E-state index < -0.39 is 29.6 Å². The van der Waals surface area contributed by atoms with E-state index in [0.717, 1.165) is 28.7 Å². The zero-order chi connectivity index (χ0) is 24.9. The van der Waals surface area contributed by atoms with Gasteiger partial charge in [0.1, 0.15) is 18.2 Å². The first-order chi connectivity index (χ1) is 16.2. The van der Waals surface area contributed by atoms with Crippen molar-refractivity contribution in [1.29, 1.82) is 0 Å². The number of amides is 2. The van der Waals surface area contributed by atoms with Gasteiger partial charge in [0.2, 0.25) is 5.91 Å². The Balaban J connectivity index is 1.70. The summed E-state index contributed by atoms with van der Waals surface area (Å²) in [5.41, 5.74) is 3.06. The number of carboxylic acids is 1. The first-order valence-electron chi connectivity index (χ1n) is 11.9. The number of hydrogen-bond acceptors (Lipinski definition) is 4. The normalized spacial score (nSPS) is 15.9. The molecule has 3 unspecified atom stereocenters. The van der Waals surface area contributed by atoms with Crippen molar-refractivity contribution in [3.05, 3.63) is 59.7 Å². The maximum atomic E-state index is 13.0. The van der Waals surface area contributed by atoms with Crippen LogP contribution in [0, 0.1) is 5.92 Å². The van der Waals surface area contributed by atoms with Crippen LogP contribution in [0.15, 0.2) is 48.5 Å². The Labute approximate surface area is 200 Å². The number of carbonyl (C=O) groups is 3. The Bertz CT molecular complexity index is 1010. The summed E-state index contributed by atoms with van der Waals surface area (Å²) in [7, 11) is 0. The second-order valence-corrected chi connectivity index (χ2v) is 9.25. The third-order valence-electron chi connectivity index (χ3n) is 6.87. The highest BCUT2D eigenvalue weighted by Crippen LogP contribution is 2.44. The lowest BCUT2D eigenvalue weighted by atomic mass is 9.95. The van der Waals surface area contributed by atoms with E-state index in [1.54, 1.807) is 6.92 Å². The lowest BCUT2D eigenvalue weighted by Gasteiger charge is -2.28. The summed E-state index contributed by atoms with van der Waals surface area (Å²) in [6, 6.07) is 15.2. The molecule has 0 aliphatic heterocycles. The van der Waals surface area contributed by atoms with Crippen LogP contribution in [0.2, 0.25) is 0 Å². The fourth-order valence-corrected chi connectivity index (χ4v) is 4.23. The molecule has 0 fully saturated rings. The van der Waals surface area contributed by atoms with Crippen LogP contribution < -0.4 is 10.6 Å². The Kier molecular flexibility index (Phi) is 7.97. The largest absolute Gasteiger partial charge is 0.480 e. The van der Waals surface area contributed by atoms with E-state index >= 15 is 0 Å². The van der Waals surface area contributed by atoms with E-state index in [1.165, 1.54) is 6.92 Å². The molecule has 2 aromatic rings. The fourth-order valence-electron chi connectivity index (χ4n) is 4.23. The smallest absolute Gasteiger partial charge is 0.407 e. The van der Waals surface area contributed by atoms with Crippen LogP contribution in [0.3, 0.4) is 0 Å². The van der Waals surface area contributed by atoms with Crippen molar-refractivity contribution >= 4 is 18.0 Å². The number of carbonyl (C=O) groups excluding carboxylic acids is 2. The maximum Gasteiger partial charge on any atom is 0.407 e. The van der Waals surface area contributed by atoms with E-state index in [0.29, 0.717) is 6.42 Å². The third-order valence-corrected chi connectivity index (χ3v) is 6.87. The summed E-state index contributed by atoms with van der Waals surface area (Å²) in [5.74, 6) is -1.58. The van der Waals surface area contributed by atoms with Crippen LogP contribution >= 0.6 is 0 Å². The Morgan fingerprint density at radius 2 is 1.59 bits per heavy atom. The number of carboxylic acid groups (broad SMARTS) is 1. The van der Waals surface area contributed by atoms with Crippen LogP contribution in [0.25, 0.3) is 11.1 Å². The first-order valence-corrected chi connectivity index (χ1v) is 11.9. The van der Waals surface area contributed by atoms with Crippen LogP contribution in [0.5, 0.6) is 0 Å². The SMILES string of the molecule is CCC(C)CC(NC(=O)OCC1c2ccccc2-c2ccccc21)C(=O)NC(C)(CC)C(=O)O. The van der Waals surface area contributed by atoms with Crippen LogP contribution in [-0.4, -0.2) is 41.3 Å². The molecule has 2 amide bonds. The van der Waals surface area contributed by atoms with Crippen molar-refractivity contribution < 1.29 is 24.2 Å². The predicted molar refractivity (Wildman–Crippen MR) is 131 cm³/mol. The van der Waals surface area contributed by atoms with E-state index in [1.807, 2.05) is 50.2 Å². The highest BCUT2D eigenvalue weighted by atomic mass is 16.5. The summed E-state index contributed by atoms with van der Waals surface area (Å²) in [4.78, 5) is 37.3. The van der Waals surface area contributed by atoms with Gasteiger partial charge in [-0.3, -0.25) is 4.79 Å². The molecule has 3 atom stereocenters. The van der Waals surface area contributed by atoms with Crippen molar-refractivity contribution in [3.8, 4) is 11.1 Å². The number of alkyl carbamates (subject to hydrolysis) is 1. The number of aliphatic carboxylic acids is 1.